The zero-order valence-electron chi connectivity index (χ0n) is 13.3. The lowest BCUT2D eigenvalue weighted by molar-refractivity contribution is 0.0189. The van der Waals surface area contributed by atoms with Crippen LogP contribution in [0.3, 0.4) is 0 Å². The van der Waals surface area contributed by atoms with Gasteiger partial charge in [0.25, 0.3) is 0 Å². The fourth-order valence-electron chi connectivity index (χ4n) is 2.23. The van der Waals surface area contributed by atoms with Crippen LogP contribution in [0.4, 0.5) is 0 Å². The molecule has 2 heteroatoms. The molecule has 0 N–H and O–H groups in total. The van der Waals surface area contributed by atoms with E-state index in [1.54, 1.807) is 14.2 Å². The number of hydrogen-bond acceptors (Lipinski definition) is 2. The van der Waals surface area contributed by atoms with E-state index in [2.05, 4.69) is 64.1 Å². The normalized spacial score (nSPS) is 12.9. The van der Waals surface area contributed by atoms with Crippen LogP contribution in [0.25, 0.3) is 10.8 Å². The van der Waals surface area contributed by atoms with Crippen LogP contribution in [0.5, 0.6) is 0 Å². The van der Waals surface area contributed by atoms with Crippen molar-refractivity contribution in [1.82, 2.24) is 0 Å². The summed E-state index contributed by atoms with van der Waals surface area (Å²) < 4.78 is 11.1. The Labute approximate surface area is 121 Å². The Morgan fingerprint density at radius 2 is 1.00 bits per heavy atom. The maximum absolute atomic E-state index is 5.55. The summed E-state index contributed by atoms with van der Waals surface area (Å²) in [6.07, 6.45) is 0. The summed E-state index contributed by atoms with van der Waals surface area (Å²) in [5.41, 5.74) is 1.84. The van der Waals surface area contributed by atoms with Crippen LogP contribution in [-0.2, 0) is 20.7 Å². The third-order valence-corrected chi connectivity index (χ3v) is 4.25. The van der Waals surface area contributed by atoms with E-state index in [9.17, 15) is 0 Å². The molecule has 0 aliphatic heterocycles. The smallest absolute Gasteiger partial charge is 0.0871 e. The quantitative estimate of drug-likeness (QED) is 0.809. The predicted octanol–water partition coefficient (Wildman–Crippen LogP) is 4.60. The molecule has 0 aliphatic rings. The summed E-state index contributed by atoms with van der Waals surface area (Å²) in [7, 11) is 3.49. The topological polar surface area (TPSA) is 18.5 Å². The van der Waals surface area contributed by atoms with Gasteiger partial charge >= 0.3 is 0 Å². The van der Waals surface area contributed by atoms with Gasteiger partial charge in [-0.2, -0.15) is 0 Å². The highest BCUT2D eigenvalue weighted by atomic mass is 16.5. The highest BCUT2D eigenvalue weighted by Crippen LogP contribution is 2.30. The summed E-state index contributed by atoms with van der Waals surface area (Å²) in [5, 5.41) is 2.45. The number of methoxy groups -OCH3 is 2. The van der Waals surface area contributed by atoms with Crippen LogP contribution in [0, 0.1) is 0 Å². The number of benzene rings is 2. The molecular weight excluding hydrogens is 248 g/mol. The van der Waals surface area contributed by atoms with E-state index < -0.39 is 0 Å². The molecule has 0 atom stereocenters. The lowest BCUT2D eigenvalue weighted by Gasteiger charge is -2.25. The van der Waals surface area contributed by atoms with Gasteiger partial charge in [0, 0.05) is 14.2 Å². The summed E-state index contributed by atoms with van der Waals surface area (Å²) >= 11 is 0. The minimum absolute atomic E-state index is 0.265. The zero-order valence-corrected chi connectivity index (χ0v) is 13.3. The van der Waals surface area contributed by atoms with Crippen molar-refractivity contribution in [3.8, 4) is 0 Å². The first-order valence-electron chi connectivity index (χ1n) is 6.95. The lowest BCUT2D eigenvalue weighted by Crippen LogP contribution is -2.20. The maximum Gasteiger partial charge on any atom is 0.0871 e. The van der Waals surface area contributed by atoms with Crippen LogP contribution >= 0.6 is 0 Å². The van der Waals surface area contributed by atoms with Crippen LogP contribution in [-0.4, -0.2) is 14.2 Å². The van der Waals surface area contributed by atoms with Crippen molar-refractivity contribution in [1.29, 1.82) is 0 Å². The first-order chi connectivity index (χ1) is 9.30. The van der Waals surface area contributed by atoms with Gasteiger partial charge in [0.15, 0.2) is 0 Å². The number of ether oxygens (including phenoxy) is 2. The summed E-state index contributed by atoms with van der Waals surface area (Å²) in [6.45, 7) is 8.32. The van der Waals surface area contributed by atoms with Crippen molar-refractivity contribution in [2.24, 2.45) is 0 Å². The van der Waals surface area contributed by atoms with Crippen molar-refractivity contribution in [2.75, 3.05) is 14.2 Å². The van der Waals surface area contributed by atoms with Crippen LogP contribution < -0.4 is 0 Å². The monoisotopic (exact) mass is 272 g/mol. The molecule has 0 spiro atoms. The maximum atomic E-state index is 5.55. The third-order valence-electron chi connectivity index (χ3n) is 4.25. The first-order valence-corrected chi connectivity index (χ1v) is 6.95. The predicted molar refractivity (Wildman–Crippen MR) is 84.0 cm³/mol. The molecule has 0 heterocycles. The minimum Gasteiger partial charge on any atom is -0.374 e. The van der Waals surface area contributed by atoms with E-state index >= 15 is 0 Å². The Morgan fingerprint density at radius 3 is 1.30 bits per heavy atom. The fraction of sp³-hybridized carbons (Fsp3) is 0.444. The van der Waals surface area contributed by atoms with E-state index in [4.69, 9.17) is 9.47 Å². The molecule has 2 nitrogen and oxygen atoms in total. The molecule has 108 valence electrons. The third kappa shape index (κ3) is 2.72. The molecule has 0 saturated heterocycles. The Morgan fingerprint density at radius 1 is 0.650 bits per heavy atom. The molecule has 0 unspecified atom stereocenters. The average Bonchev–Trinajstić information content (AvgIpc) is 2.46. The van der Waals surface area contributed by atoms with Gasteiger partial charge in [0.2, 0.25) is 0 Å². The minimum atomic E-state index is -0.265. The fourth-order valence-corrected chi connectivity index (χ4v) is 2.23. The molecule has 2 rings (SSSR count). The summed E-state index contributed by atoms with van der Waals surface area (Å²) in [5.74, 6) is 0. The van der Waals surface area contributed by atoms with Gasteiger partial charge in [0.1, 0.15) is 0 Å². The molecule has 0 aromatic heterocycles. The number of fused-ring (bicyclic) bond motifs is 1. The SMILES string of the molecule is COC(C)(C)c1ccc2cc(C(C)(C)OC)ccc2c1. The number of rotatable bonds is 4. The Kier molecular flexibility index (Phi) is 3.90. The van der Waals surface area contributed by atoms with Gasteiger partial charge in [0.05, 0.1) is 11.2 Å². The van der Waals surface area contributed by atoms with E-state index in [-0.39, 0.29) is 11.2 Å². The highest BCUT2D eigenvalue weighted by Gasteiger charge is 2.21. The Hall–Kier alpha value is -1.38. The molecule has 0 fully saturated rings. The Bertz CT molecular complexity index is 557. The van der Waals surface area contributed by atoms with Crippen molar-refractivity contribution in [3.05, 3.63) is 47.5 Å². The average molecular weight is 272 g/mol. The standard InChI is InChI=1S/C18H24O2/c1-17(2,19-5)15-9-7-14-12-16(18(3,4)20-6)10-8-13(14)11-15/h7-12H,1-6H3. The largest absolute Gasteiger partial charge is 0.374 e. The number of hydrogen-bond donors (Lipinski definition) is 0. The van der Waals surface area contributed by atoms with E-state index in [0.29, 0.717) is 0 Å². The molecular formula is C18H24O2. The first kappa shape index (κ1) is 15.0. The van der Waals surface area contributed by atoms with Gasteiger partial charge in [-0.3, -0.25) is 0 Å². The van der Waals surface area contributed by atoms with E-state index in [1.165, 1.54) is 21.9 Å². The Balaban J connectivity index is 2.50. The van der Waals surface area contributed by atoms with E-state index in [0.717, 1.165) is 0 Å². The van der Waals surface area contributed by atoms with Gasteiger partial charge < -0.3 is 9.47 Å². The molecule has 0 bridgehead atoms. The zero-order chi connectivity index (χ0) is 15.0. The second kappa shape index (κ2) is 5.19. The van der Waals surface area contributed by atoms with Gasteiger partial charge in [-0.25, -0.2) is 0 Å². The summed E-state index contributed by atoms with van der Waals surface area (Å²) in [4.78, 5) is 0. The van der Waals surface area contributed by atoms with Crippen LogP contribution in [0.2, 0.25) is 0 Å². The van der Waals surface area contributed by atoms with Crippen molar-refractivity contribution >= 4 is 10.8 Å². The second-order valence-corrected chi connectivity index (χ2v) is 6.21. The molecule has 0 aliphatic carbocycles. The lowest BCUT2D eigenvalue weighted by atomic mass is 9.92. The van der Waals surface area contributed by atoms with Gasteiger partial charge in [-0.15, -0.1) is 0 Å². The van der Waals surface area contributed by atoms with Crippen molar-refractivity contribution in [3.63, 3.8) is 0 Å². The molecule has 2 aromatic carbocycles. The van der Waals surface area contributed by atoms with Gasteiger partial charge in [-0.05, 0) is 61.7 Å². The van der Waals surface area contributed by atoms with Crippen molar-refractivity contribution in [2.45, 2.75) is 38.9 Å². The van der Waals surface area contributed by atoms with E-state index in [1.807, 2.05) is 0 Å². The molecule has 2 aromatic rings. The second-order valence-electron chi connectivity index (χ2n) is 6.21. The van der Waals surface area contributed by atoms with Crippen LogP contribution in [0.1, 0.15) is 38.8 Å². The van der Waals surface area contributed by atoms with Gasteiger partial charge in [-0.1, -0.05) is 24.3 Å². The summed E-state index contributed by atoms with van der Waals surface area (Å²) in [6, 6.07) is 13.0. The molecule has 0 radical (unpaired) electrons. The molecule has 0 saturated carbocycles. The van der Waals surface area contributed by atoms with Crippen LogP contribution in [0.15, 0.2) is 36.4 Å². The molecule has 0 amide bonds. The van der Waals surface area contributed by atoms with Crippen molar-refractivity contribution < 1.29 is 9.47 Å². The highest BCUT2D eigenvalue weighted by molar-refractivity contribution is 5.84. The molecule has 20 heavy (non-hydrogen) atoms.